The molecular weight excluding hydrogens is 1180 g/mol. The van der Waals surface area contributed by atoms with E-state index in [9.17, 15) is 71.9 Å². The van der Waals surface area contributed by atoms with Gasteiger partial charge >= 0.3 is 48.3 Å². The summed E-state index contributed by atoms with van der Waals surface area (Å²) in [5.41, 5.74) is 1.17. The van der Waals surface area contributed by atoms with Gasteiger partial charge < -0.3 is 42.9 Å². The molecule has 0 saturated carbocycles. The number of nitriles is 1. The van der Waals surface area contributed by atoms with Crippen molar-refractivity contribution in [1.82, 2.24) is 24.3 Å². The molecule has 1 unspecified atom stereocenters. The summed E-state index contributed by atoms with van der Waals surface area (Å²) in [5, 5.41) is 8.76. The fraction of sp³-hybridized carbons (Fsp3) is 0.603. The van der Waals surface area contributed by atoms with E-state index in [1.54, 1.807) is 52.3 Å². The number of amides is 4. The lowest BCUT2D eigenvalue weighted by molar-refractivity contribution is -0.187. The number of carbonyl (C=O) groups is 4. The molecule has 0 aliphatic rings. The maximum atomic E-state index is 13.4. The highest BCUT2D eigenvalue weighted by Crippen LogP contribution is 2.46. The zero-order valence-electron chi connectivity index (χ0n) is 49.6. The molecule has 0 fully saturated rings. The molecule has 15 nitrogen and oxygen atoms in total. The molecule has 0 N–H and O–H groups in total. The van der Waals surface area contributed by atoms with Crippen molar-refractivity contribution in [2.24, 2.45) is 0 Å². The van der Waals surface area contributed by atoms with Crippen molar-refractivity contribution in [2.75, 3.05) is 86.4 Å². The van der Waals surface area contributed by atoms with Gasteiger partial charge in [-0.3, -0.25) is 19.2 Å². The Labute approximate surface area is 496 Å². The van der Waals surface area contributed by atoms with Crippen LogP contribution in [-0.4, -0.2) is 171 Å². The summed E-state index contributed by atoms with van der Waals surface area (Å²) in [5.74, 6) is -7.05. The first-order valence-electron chi connectivity index (χ1n) is 28.0. The van der Waals surface area contributed by atoms with Crippen LogP contribution in [0.1, 0.15) is 116 Å². The second-order valence-corrected chi connectivity index (χ2v) is 21.5. The van der Waals surface area contributed by atoms with Gasteiger partial charge in [-0.15, -0.1) is 0 Å². The molecular formula is C58H79F12N6O9P. The number of methoxy groups -OCH3 is 2. The van der Waals surface area contributed by atoms with Gasteiger partial charge in [0.15, 0.2) is 0 Å². The molecule has 0 spiro atoms. The number of unbranched alkanes of at least 4 members (excludes halogenated alkanes) is 2. The van der Waals surface area contributed by atoms with E-state index in [1.165, 1.54) is 0 Å². The summed E-state index contributed by atoms with van der Waals surface area (Å²) in [6, 6.07) is 26.2. The number of nitrogens with zero attached hydrogens (tertiary/aromatic N) is 6. The van der Waals surface area contributed by atoms with E-state index in [1.807, 2.05) is 93.0 Å². The minimum Gasteiger partial charge on any atom is -0.497 e. The quantitative estimate of drug-likeness (QED) is 0.0239. The van der Waals surface area contributed by atoms with Gasteiger partial charge in [-0.25, -0.2) is 4.67 Å². The molecule has 3 aromatic carbocycles. The van der Waals surface area contributed by atoms with Crippen LogP contribution in [0.2, 0.25) is 0 Å². The first kappa shape index (κ1) is 76.2. The number of ether oxygens (including phenoxy) is 3. The van der Waals surface area contributed by atoms with E-state index >= 15 is 0 Å². The Morgan fingerprint density at radius 1 is 0.465 bits per heavy atom. The van der Waals surface area contributed by atoms with Crippen LogP contribution in [0.5, 0.6) is 11.5 Å². The third-order valence-electron chi connectivity index (χ3n) is 12.8. The van der Waals surface area contributed by atoms with E-state index < -0.39 is 88.6 Å². The summed E-state index contributed by atoms with van der Waals surface area (Å²) < 4.78 is 188. The summed E-state index contributed by atoms with van der Waals surface area (Å²) in [6.45, 7) is 8.52. The molecule has 0 bridgehead atoms. The zero-order chi connectivity index (χ0) is 64.9. The molecule has 0 heterocycles. The average molecular weight is 1260 g/mol. The smallest absolute Gasteiger partial charge is 0.471 e. The zero-order valence-corrected chi connectivity index (χ0v) is 50.5. The van der Waals surface area contributed by atoms with Gasteiger partial charge in [0.25, 0.3) is 8.53 Å². The van der Waals surface area contributed by atoms with E-state index in [4.69, 9.17) is 28.5 Å². The van der Waals surface area contributed by atoms with Gasteiger partial charge in [0.05, 0.1) is 39.9 Å². The number of hydrogen-bond donors (Lipinski definition) is 0. The van der Waals surface area contributed by atoms with Crippen LogP contribution in [0.4, 0.5) is 52.7 Å². The largest absolute Gasteiger partial charge is 0.497 e. The maximum Gasteiger partial charge on any atom is 0.471 e. The summed E-state index contributed by atoms with van der Waals surface area (Å²) in [7, 11) is 1.58. The predicted octanol–water partition coefficient (Wildman–Crippen LogP) is 13.0. The Bertz CT molecular complexity index is 2450. The van der Waals surface area contributed by atoms with Crippen LogP contribution >= 0.6 is 8.53 Å². The molecule has 0 radical (unpaired) electrons. The molecule has 0 saturated heterocycles. The van der Waals surface area contributed by atoms with Crippen LogP contribution in [-0.2, 0) is 38.6 Å². The van der Waals surface area contributed by atoms with Crippen LogP contribution in [0, 0.1) is 11.3 Å². The van der Waals surface area contributed by atoms with Crippen LogP contribution in [0.3, 0.4) is 0 Å². The predicted molar refractivity (Wildman–Crippen MR) is 298 cm³/mol. The maximum absolute atomic E-state index is 13.4. The molecule has 484 valence electrons. The lowest BCUT2D eigenvalue weighted by Crippen LogP contribution is -2.45. The van der Waals surface area contributed by atoms with Crippen molar-refractivity contribution in [3.8, 4) is 17.6 Å². The molecule has 28 heteroatoms. The van der Waals surface area contributed by atoms with E-state index in [0.717, 1.165) is 16.7 Å². The van der Waals surface area contributed by atoms with E-state index in [2.05, 4.69) is 0 Å². The molecule has 3 aromatic rings. The fourth-order valence-corrected chi connectivity index (χ4v) is 10.6. The van der Waals surface area contributed by atoms with Crippen LogP contribution in [0.15, 0.2) is 78.9 Å². The molecule has 3 rings (SSSR count). The van der Waals surface area contributed by atoms with Gasteiger partial charge in [0.1, 0.15) is 17.1 Å². The topological polar surface area (TPSA) is 154 Å². The molecule has 0 aliphatic heterocycles. The van der Waals surface area contributed by atoms with Gasteiger partial charge in [0, 0.05) is 71.0 Å². The number of alkyl halides is 12. The van der Waals surface area contributed by atoms with Gasteiger partial charge in [-0.1, -0.05) is 68.4 Å². The van der Waals surface area contributed by atoms with E-state index in [0.29, 0.717) is 37.5 Å². The second-order valence-electron chi connectivity index (χ2n) is 20.0. The SMILES string of the molecule is CCCN(CCCN(CCCCOC(c1ccccc1)(c1ccc(OC)cc1)c1ccc(OC)cc1)C(=O)C(F)(F)F)C(=O)C(F)(F)F.CCCN(CCCN(CCCCOP(OCCC#N)N(C(C)C)C(C)C)C(=O)C(F)(F)F)C(=O)C(F)(F)F. The Kier molecular flexibility index (Phi) is 32.8. The summed E-state index contributed by atoms with van der Waals surface area (Å²) >= 11 is 0. The fourth-order valence-electron chi connectivity index (χ4n) is 8.99. The normalized spacial score (nSPS) is 12.5. The van der Waals surface area contributed by atoms with Crippen molar-refractivity contribution in [3.05, 3.63) is 95.6 Å². The number of halogens is 12. The highest BCUT2D eigenvalue weighted by atomic mass is 31.2. The minimum absolute atomic E-state index is 0.0691. The Balaban J connectivity index is 0.000000605. The Morgan fingerprint density at radius 3 is 1.12 bits per heavy atom. The Hall–Kier alpha value is -5.94. The molecule has 1 atom stereocenters. The molecule has 4 amide bonds. The van der Waals surface area contributed by atoms with Crippen molar-refractivity contribution in [3.63, 3.8) is 0 Å². The van der Waals surface area contributed by atoms with Gasteiger partial charge in [-0.2, -0.15) is 57.9 Å². The number of benzene rings is 3. The second kappa shape index (κ2) is 37.0. The van der Waals surface area contributed by atoms with E-state index in [-0.39, 0.29) is 109 Å². The monoisotopic (exact) mass is 1260 g/mol. The third kappa shape index (κ3) is 25.0. The number of rotatable bonds is 35. The van der Waals surface area contributed by atoms with Crippen molar-refractivity contribution < 1.29 is 95.1 Å². The van der Waals surface area contributed by atoms with Crippen molar-refractivity contribution in [1.29, 1.82) is 5.26 Å². The first-order valence-corrected chi connectivity index (χ1v) is 29.1. The lowest BCUT2D eigenvalue weighted by atomic mass is 9.80. The third-order valence-corrected chi connectivity index (χ3v) is 14.9. The first-order chi connectivity index (χ1) is 40.3. The minimum atomic E-state index is -5.17. The summed E-state index contributed by atoms with van der Waals surface area (Å²) in [6.07, 6.45) is -19.6. The van der Waals surface area contributed by atoms with Crippen LogP contribution in [0.25, 0.3) is 0 Å². The highest BCUT2D eigenvalue weighted by molar-refractivity contribution is 7.44. The highest BCUT2D eigenvalue weighted by Gasteiger charge is 2.46. The average Bonchev–Trinajstić information content (AvgIpc) is 0.933. The molecule has 0 aromatic heterocycles. The number of hydrogen-bond acceptors (Lipinski definition) is 11. The standard InChI is InChI=1S/C35H40F6N2O5.C23H39F6N4O4P/c1-4-21-42(31(44)34(36,37)38)23-10-24-43(32(45)35(39,40)41)22-8-9-25-48-33(26-11-6-5-7-12-26,27-13-17-29(46-2)18-14-27)28-15-19-30(47-3)20-16-28;1-6-12-31(20(34)22(24,25)26)14-10-15-32(21(35)23(27,28)29)13-7-8-16-36-38(37-17-9-11-30)33(18(2)3)19(4)5/h5-7,11-20H,4,8-10,21-25H2,1-3H3;18-19H,6-10,12-17H2,1-5H3. The molecule has 86 heavy (non-hydrogen) atoms. The lowest BCUT2D eigenvalue weighted by Gasteiger charge is -2.36. The van der Waals surface area contributed by atoms with Gasteiger partial charge in [0.2, 0.25) is 0 Å². The molecule has 0 aliphatic carbocycles. The van der Waals surface area contributed by atoms with Gasteiger partial charge in [-0.05, 0) is 120 Å². The Morgan fingerprint density at radius 2 is 0.791 bits per heavy atom. The summed E-state index contributed by atoms with van der Waals surface area (Å²) in [4.78, 5) is 49.6. The van der Waals surface area contributed by atoms with Crippen LogP contribution < -0.4 is 9.47 Å². The van der Waals surface area contributed by atoms with Crippen molar-refractivity contribution in [2.45, 2.75) is 142 Å². The number of carbonyl (C=O) groups excluding carboxylic acids is 4. The van der Waals surface area contributed by atoms with Crippen molar-refractivity contribution >= 4 is 32.2 Å².